The van der Waals surface area contributed by atoms with E-state index in [-0.39, 0.29) is 22.1 Å². The molecule has 1 N–H and O–H groups in total. The van der Waals surface area contributed by atoms with E-state index in [0.29, 0.717) is 0 Å². The van der Waals surface area contributed by atoms with Crippen molar-refractivity contribution in [1.29, 1.82) is 0 Å². The van der Waals surface area contributed by atoms with Gasteiger partial charge in [0.15, 0.2) is 0 Å². The van der Waals surface area contributed by atoms with Crippen LogP contribution in [-0.4, -0.2) is 11.5 Å². The molecule has 1 unspecified atom stereocenters. The molecule has 94 valence electrons. The Morgan fingerprint density at radius 2 is 1.94 bits per heavy atom. The monoisotopic (exact) mass is 236 g/mol. The highest BCUT2D eigenvalue weighted by atomic mass is 16.6. The highest BCUT2D eigenvalue weighted by Gasteiger charge is 2.19. The second-order valence-electron chi connectivity index (χ2n) is 5.48. The molecule has 1 aromatic rings. The molecule has 0 saturated heterocycles. The van der Waals surface area contributed by atoms with Gasteiger partial charge in [-0.1, -0.05) is 39.0 Å². The van der Waals surface area contributed by atoms with Crippen LogP contribution in [-0.2, 0) is 0 Å². The Labute approximate surface area is 102 Å². The molecular weight excluding hydrogens is 216 g/mol. The molecule has 0 aliphatic carbocycles. The Morgan fingerprint density at radius 3 is 2.47 bits per heavy atom. The number of nitro benzene ring substituents is 1. The van der Waals surface area contributed by atoms with E-state index in [1.54, 1.807) is 18.2 Å². The number of nitrogens with one attached hydrogen (secondary N) is 1. The van der Waals surface area contributed by atoms with Crippen molar-refractivity contribution in [3.05, 3.63) is 39.9 Å². The average Bonchev–Trinajstić information content (AvgIpc) is 2.25. The third-order valence-corrected chi connectivity index (χ3v) is 2.54. The van der Waals surface area contributed by atoms with Crippen molar-refractivity contribution in [1.82, 2.24) is 5.32 Å². The van der Waals surface area contributed by atoms with E-state index in [0.717, 1.165) is 12.1 Å². The number of hydrogen-bond acceptors (Lipinski definition) is 3. The van der Waals surface area contributed by atoms with Gasteiger partial charge in [-0.15, -0.1) is 0 Å². The van der Waals surface area contributed by atoms with Crippen LogP contribution in [0.15, 0.2) is 24.3 Å². The maximum Gasteiger partial charge on any atom is 0.274 e. The quantitative estimate of drug-likeness (QED) is 0.644. The first-order valence-corrected chi connectivity index (χ1v) is 5.78. The Balaban J connectivity index is 2.82. The summed E-state index contributed by atoms with van der Waals surface area (Å²) in [6.07, 6.45) is 0. The van der Waals surface area contributed by atoms with Gasteiger partial charge in [-0.25, -0.2) is 0 Å². The minimum Gasteiger partial charge on any atom is -0.309 e. The summed E-state index contributed by atoms with van der Waals surface area (Å²) in [4.78, 5) is 10.6. The van der Waals surface area contributed by atoms with Crippen molar-refractivity contribution in [2.75, 3.05) is 6.54 Å². The molecule has 4 heteroatoms. The van der Waals surface area contributed by atoms with Crippen LogP contribution in [0.2, 0.25) is 0 Å². The van der Waals surface area contributed by atoms with Crippen LogP contribution in [0, 0.1) is 15.5 Å². The highest BCUT2D eigenvalue weighted by Crippen LogP contribution is 2.25. The van der Waals surface area contributed by atoms with Gasteiger partial charge in [0, 0.05) is 24.2 Å². The van der Waals surface area contributed by atoms with Gasteiger partial charge in [-0.05, 0) is 12.3 Å². The zero-order chi connectivity index (χ0) is 13.1. The van der Waals surface area contributed by atoms with E-state index in [4.69, 9.17) is 0 Å². The third kappa shape index (κ3) is 4.15. The van der Waals surface area contributed by atoms with Gasteiger partial charge in [0.1, 0.15) is 0 Å². The lowest BCUT2D eigenvalue weighted by Gasteiger charge is -2.22. The number of nitro groups is 1. The molecule has 4 nitrogen and oxygen atoms in total. The normalized spacial score (nSPS) is 13.4. The summed E-state index contributed by atoms with van der Waals surface area (Å²) in [6.45, 7) is 9.17. The fraction of sp³-hybridized carbons (Fsp3) is 0.538. The predicted octanol–water partition coefficient (Wildman–Crippen LogP) is 3.29. The molecular formula is C13H20N2O2. The molecule has 0 amide bonds. The average molecular weight is 236 g/mol. The summed E-state index contributed by atoms with van der Waals surface area (Å²) < 4.78 is 0. The molecule has 0 bridgehead atoms. The predicted molar refractivity (Wildman–Crippen MR) is 69.0 cm³/mol. The minimum atomic E-state index is -0.329. The van der Waals surface area contributed by atoms with E-state index in [1.165, 1.54) is 0 Å². The Bertz CT molecular complexity index is 397. The van der Waals surface area contributed by atoms with E-state index >= 15 is 0 Å². The van der Waals surface area contributed by atoms with Crippen LogP contribution in [0.4, 0.5) is 5.69 Å². The second kappa shape index (κ2) is 5.27. The molecule has 1 atom stereocenters. The maximum atomic E-state index is 10.9. The SMILES string of the molecule is CC(NCC(C)(C)C)c1ccccc1[N+](=O)[O-]. The molecule has 0 radical (unpaired) electrons. The molecule has 0 spiro atoms. The second-order valence-corrected chi connectivity index (χ2v) is 5.48. The largest absolute Gasteiger partial charge is 0.309 e. The van der Waals surface area contributed by atoms with Gasteiger partial charge in [-0.2, -0.15) is 0 Å². The van der Waals surface area contributed by atoms with Gasteiger partial charge in [0.05, 0.1) is 4.92 Å². The fourth-order valence-electron chi connectivity index (χ4n) is 1.59. The topological polar surface area (TPSA) is 55.2 Å². The van der Waals surface area contributed by atoms with E-state index in [2.05, 4.69) is 26.1 Å². The summed E-state index contributed by atoms with van der Waals surface area (Å²) >= 11 is 0. The Hall–Kier alpha value is -1.42. The number of para-hydroxylation sites is 1. The fourth-order valence-corrected chi connectivity index (χ4v) is 1.59. The summed E-state index contributed by atoms with van der Waals surface area (Å²) in [5.41, 5.74) is 1.08. The molecule has 1 aromatic carbocycles. The van der Waals surface area contributed by atoms with E-state index < -0.39 is 0 Å². The van der Waals surface area contributed by atoms with Crippen molar-refractivity contribution >= 4 is 5.69 Å². The van der Waals surface area contributed by atoms with Gasteiger partial charge in [0.25, 0.3) is 5.69 Å². The number of rotatable bonds is 4. The summed E-state index contributed by atoms with van der Waals surface area (Å²) in [5.74, 6) is 0. The first-order valence-electron chi connectivity index (χ1n) is 5.78. The Morgan fingerprint density at radius 1 is 1.35 bits per heavy atom. The lowest BCUT2D eigenvalue weighted by atomic mass is 9.96. The third-order valence-electron chi connectivity index (χ3n) is 2.54. The van der Waals surface area contributed by atoms with Crippen molar-refractivity contribution in [3.63, 3.8) is 0 Å². The van der Waals surface area contributed by atoms with Gasteiger partial charge in [-0.3, -0.25) is 10.1 Å². The summed E-state index contributed by atoms with van der Waals surface area (Å²) in [6, 6.07) is 6.86. The van der Waals surface area contributed by atoms with Gasteiger partial charge >= 0.3 is 0 Å². The van der Waals surface area contributed by atoms with Crippen LogP contribution in [0.1, 0.15) is 39.3 Å². The van der Waals surface area contributed by atoms with Crippen molar-refractivity contribution in [2.45, 2.75) is 33.7 Å². The highest BCUT2D eigenvalue weighted by molar-refractivity contribution is 5.41. The molecule has 17 heavy (non-hydrogen) atoms. The van der Waals surface area contributed by atoms with Gasteiger partial charge in [0.2, 0.25) is 0 Å². The number of hydrogen-bond donors (Lipinski definition) is 1. The first kappa shape index (κ1) is 13.6. The standard InChI is InChI=1S/C13H20N2O2/c1-10(14-9-13(2,3)4)11-7-5-6-8-12(11)15(16)17/h5-8,10,14H,9H2,1-4H3. The zero-order valence-electron chi connectivity index (χ0n) is 10.9. The first-order chi connectivity index (χ1) is 7.81. The van der Waals surface area contributed by atoms with Gasteiger partial charge < -0.3 is 5.32 Å². The lowest BCUT2D eigenvalue weighted by molar-refractivity contribution is -0.385. The van der Waals surface area contributed by atoms with Crippen LogP contribution in [0.25, 0.3) is 0 Å². The van der Waals surface area contributed by atoms with Crippen molar-refractivity contribution in [3.8, 4) is 0 Å². The summed E-state index contributed by atoms with van der Waals surface area (Å²) in [5, 5.41) is 14.2. The Kier molecular flexibility index (Phi) is 4.23. The van der Waals surface area contributed by atoms with E-state index in [9.17, 15) is 10.1 Å². The summed E-state index contributed by atoms with van der Waals surface area (Å²) in [7, 11) is 0. The van der Waals surface area contributed by atoms with E-state index in [1.807, 2.05) is 13.0 Å². The molecule has 0 heterocycles. The number of benzene rings is 1. The molecule has 1 rings (SSSR count). The molecule has 0 fully saturated rings. The molecule has 0 saturated carbocycles. The van der Waals surface area contributed by atoms with Crippen molar-refractivity contribution in [2.24, 2.45) is 5.41 Å². The molecule has 0 aliphatic heterocycles. The van der Waals surface area contributed by atoms with Crippen LogP contribution < -0.4 is 5.32 Å². The van der Waals surface area contributed by atoms with Crippen LogP contribution >= 0.6 is 0 Å². The van der Waals surface area contributed by atoms with Crippen LogP contribution in [0.3, 0.4) is 0 Å². The smallest absolute Gasteiger partial charge is 0.274 e. The zero-order valence-corrected chi connectivity index (χ0v) is 10.9. The van der Waals surface area contributed by atoms with Crippen LogP contribution in [0.5, 0.6) is 0 Å². The molecule has 0 aromatic heterocycles. The maximum absolute atomic E-state index is 10.9. The van der Waals surface area contributed by atoms with Crippen molar-refractivity contribution < 1.29 is 4.92 Å². The number of nitrogens with zero attached hydrogens (tertiary/aromatic N) is 1. The molecule has 0 aliphatic rings. The minimum absolute atomic E-state index is 0.0178. The lowest BCUT2D eigenvalue weighted by Crippen LogP contribution is -2.29.